The fourth-order valence-electron chi connectivity index (χ4n) is 1.12. The van der Waals surface area contributed by atoms with Crippen molar-refractivity contribution in [2.24, 2.45) is 0 Å². The van der Waals surface area contributed by atoms with Crippen molar-refractivity contribution in [3.05, 3.63) is 12.2 Å². The second-order valence-corrected chi connectivity index (χ2v) is 2.69. The summed E-state index contributed by atoms with van der Waals surface area (Å²) in [4.78, 5) is 9.88. The number of allylic oxidation sites excluding steroid dienone is 1. The van der Waals surface area contributed by atoms with Crippen molar-refractivity contribution in [1.29, 1.82) is 0 Å². The van der Waals surface area contributed by atoms with Crippen LogP contribution in [0.3, 0.4) is 0 Å². The van der Waals surface area contributed by atoms with Gasteiger partial charge >= 0.3 is 0 Å². The fourth-order valence-corrected chi connectivity index (χ4v) is 1.12. The Morgan fingerprint density at radius 2 is 2.42 bits per heavy atom. The first kappa shape index (κ1) is 9.42. The highest BCUT2D eigenvalue weighted by molar-refractivity contribution is 5.64. The van der Waals surface area contributed by atoms with Crippen LogP contribution < -0.4 is 0 Å². The molecule has 0 spiro atoms. The molecule has 0 N–H and O–H groups in total. The summed E-state index contributed by atoms with van der Waals surface area (Å²) in [6.07, 6.45) is 7.06. The van der Waals surface area contributed by atoms with Crippen molar-refractivity contribution in [2.45, 2.75) is 25.6 Å². The summed E-state index contributed by atoms with van der Waals surface area (Å²) in [5.74, 6) is 0. The Bertz CT molecular complexity index is 148. The molecule has 0 bridgehead atoms. The van der Waals surface area contributed by atoms with Gasteiger partial charge in [-0.3, -0.25) is 4.79 Å². The predicted octanol–water partition coefficient (Wildman–Crippen LogP) is 1.28. The molecule has 0 saturated carbocycles. The molecule has 1 atom stereocenters. The Morgan fingerprint density at radius 3 is 3.08 bits per heavy atom. The number of carbonyl (C=O) groups is 1. The minimum atomic E-state index is -0.0601. The summed E-state index contributed by atoms with van der Waals surface area (Å²) in [6, 6.07) is 0. The number of aldehydes is 1. The molecule has 0 unspecified atom stereocenters. The van der Waals surface area contributed by atoms with E-state index >= 15 is 0 Å². The van der Waals surface area contributed by atoms with Crippen molar-refractivity contribution >= 4 is 6.29 Å². The lowest BCUT2D eigenvalue weighted by atomic mass is 10.2. The average Bonchev–Trinajstić information content (AvgIpc) is 2.14. The van der Waals surface area contributed by atoms with E-state index in [4.69, 9.17) is 9.47 Å². The lowest BCUT2D eigenvalue weighted by Crippen LogP contribution is -2.22. The van der Waals surface area contributed by atoms with E-state index in [-0.39, 0.29) is 6.29 Å². The van der Waals surface area contributed by atoms with Gasteiger partial charge in [-0.1, -0.05) is 6.08 Å². The molecular formula is C9H14O3. The Labute approximate surface area is 72.4 Å². The molecular weight excluding hydrogens is 156 g/mol. The molecule has 0 aromatic carbocycles. The average molecular weight is 170 g/mol. The lowest BCUT2D eigenvalue weighted by Gasteiger charge is -2.21. The monoisotopic (exact) mass is 170 g/mol. The molecule has 0 radical (unpaired) electrons. The molecule has 1 rings (SSSR count). The molecule has 0 aromatic heterocycles. The Morgan fingerprint density at radius 1 is 1.50 bits per heavy atom. The molecule has 1 saturated heterocycles. The van der Waals surface area contributed by atoms with Gasteiger partial charge in [-0.15, -0.1) is 0 Å². The first-order valence-corrected chi connectivity index (χ1v) is 4.27. The summed E-state index contributed by atoms with van der Waals surface area (Å²) in [5.41, 5.74) is 0. The first-order valence-electron chi connectivity index (χ1n) is 4.27. The molecule has 1 aliphatic heterocycles. The van der Waals surface area contributed by atoms with Gasteiger partial charge < -0.3 is 9.47 Å². The van der Waals surface area contributed by atoms with Crippen molar-refractivity contribution in [3.8, 4) is 0 Å². The van der Waals surface area contributed by atoms with Crippen LogP contribution in [-0.4, -0.2) is 25.8 Å². The summed E-state index contributed by atoms with van der Waals surface area (Å²) in [5, 5.41) is 0. The van der Waals surface area contributed by atoms with Crippen LogP contribution in [0, 0.1) is 0 Å². The number of ether oxygens (including phenoxy) is 2. The zero-order chi connectivity index (χ0) is 8.65. The highest BCUT2D eigenvalue weighted by atomic mass is 16.7. The Balaban J connectivity index is 2.05. The SMILES string of the molecule is O=C/C=C/CO[C@@H]1CCCCO1. The minimum absolute atomic E-state index is 0.0601. The van der Waals surface area contributed by atoms with Crippen LogP contribution in [0.1, 0.15) is 19.3 Å². The van der Waals surface area contributed by atoms with Crippen LogP contribution in [0.15, 0.2) is 12.2 Å². The zero-order valence-corrected chi connectivity index (χ0v) is 7.07. The van der Waals surface area contributed by atoms with Crippen LogP contribution in [0.25, 0.3) is 0 Å². The summed E-state index contributed by atoms with van der Waals surface area (Å²) >= 11 is 0. The van der Waals surface area contributed by atoms with E-state index in [9.17, 15) is 4.79 Å². The zero-order valence-electron chi connectivity index (χ0n) is 7.07. The predicted molar refractivity (Wildman–Crippen MR) is 44.7 cm³/mol. The van der Waals surface area contributed by atoms with Crippen LogP contribution in [0.4, 0.5) is 0 Å². The third-order valence-corrected chi connectivity index (χ3v) is 1.73. The molecule has 3 heteroatoms. The molecule has 1 heterocycles. The standard InChI is InChI=1S/C9H14O3/c10-6-2-4-8-12-9-5-1-3-7-11-9/h2,4,6,9H,1,3,5,7-8H2/b4-2+/t9-/m1/s1. The highest BCUT2D eigenvalue weighted by Gasteiger charge is 2.12. The number of rotatable bonds is 4. The lowest BCUT2D eigenvalue weighted by molar-refractivity contribution is -0.155. The van der Waals surface area contributed by atoms with Crippen molar-refractivity contribution in [2.75, 3.05) is 13.2 Å². The summed E-state index contributed by atoms with van der Waals surface area (Å²) in [6.45, 7) is 1.26. The largest absolute Gasteiger partial charge is 0.353 e. The minimum Gasteiger partial charge on any atom is -0.353 e. The molecule has 68 valence electrons. The van der Waals surface area contributed by atoms with E-state index < -0.39 is 0 Å². The Kier molecular flexibility index (Phi) is 4.64. The second-order valence-electron chi connectivity index (χ2n) is 2.69. The third kappa shape index (κ3) is 3.64. The van der Waals surface area contributed by atoms with Crippen molar-refractivity contribution in [1.82, 2.24) is 0 Å². The Hall–Kier alpha value is -0.670. The summed E-state index contributed by atoms with van der Waals surface area (Å²) < 4.78 is 10.6. The van der Waals surface area contributed by atoms with Gasteiger partial charge in [0.1, 0.15) is 6.29 Å². The molecule has 3 nitrogen and oxygen atoms in total. The maximum absolute atomic E-state index is 9.88. The van der Waals surface area contributed by atoms with Crippen LogP contribution >= 0.6 is 0 Å². The maximum atomic E-state index is 9.88. The first-order chi connectivity index (χ1) is 5.93. The van der Waals surface area contributed by atoms with Gasteiger partial charge in [-0.25, -0.2) is 0 Å². The van der Waals surface area contributed by atoms with Gasteiger partial charge in [-0.2, -0.15) is 0 Å². The van der Waals surface area contributed by atoms with Crippen molar-refractivity contribution in [3.63, 3.8) is 0 Å². The fraction of sp³-hybridized carbons (Fsp3) is 0.667. The molecule has 1 aliphatic rings. The molecule has 0 aliphatic carbocycles. The number of hydrogen-bond acceptors (Lipinski definition) is 3. The van der Waals surface area contributed by atoms with E-state index in [2.05, 4.69) is 0 Å². The van der Waals surface area contributed by atoms with Gasteiger partial charge in [-0.05, 0) is 25.3 Å². The van der Waals surface area contributed by atoms with Gasteiger partial charge in [0.2, 0.25) is 0 Å². The third-order valence-electron chi connectivity index (χ3n) is 1.73. The van der Waals surface area contributed by atoms with Crippen LogP contribution in [-0.2, 0) is 14.3 Å². The summed E-state index contributed by atoms with van der Waals surface area (Å²) in [7, 11) is 0. The molecule has 1 fully saturated rings. The van der Waals surface area contributed by atoms with E-state index in [0.717, 1.165) is 25.7 Å². The maximum Gasteiger partial charge on any atom is 0.157 e. The topological polar surface area (TPSA) is 35.5 Å². The van der Waals surface area contributed by atoms with Crippen molar-refractivity contribution < 1.29 is 14.3 Å². The normalized spacial score (nSPS) is 24.5. The van der Waals surface area contributed by atoms with Gasteiger partial charge in [0.25, 0.3) is 0 Å². The van der Waals surface area contributed by atoms with Crippen LogP contribution in [0.2, 0.25) is 0 Å². The van der Waals surface area contributed by atoms with E-state index in [1.807, 2.05) is 0 Å². The van der Waals surface area contributed by atoms with Gasteiger partial charge in [0.15, 0.2) is 6.29 Å². The number of hydrogen-bond donors (Lipinski definition) is 0. The van der Waals surface area contributed by atoms with E-state index in [1.54, 1.807) is 6.08 Å². The molecule has 12 heavy (non-hydrogen) atoms. The second kappa shape index (κ2) is 5.91. The number of carbonyl (C=O) groups excluding carboxylic acids is 1. The smallest absolute Gasteiger partial charge is 0.157 e. The van der Waals surface area contributed by atoms with Gasteiger partial charge in [0.05, 0.1) is 6.61 Å². The van der Waals surface area contributed by atoms with Gasteiger partial charge in [0, 0.05) is 6.61 Å². The highest BCUT2D eigenvalue weighted by Crippen LogP contribution is 2.13. The molecule has 0 amide bonds. The molecule has 0 aromatic rings. The van der Waals surface area contributed by atoms with E-state index in [1.165, 1.54) is 12.5 Å². The van der Waals surface area contributed by atoms with E-state index in [0.29, 0.717) is 6.61 Å². The van der Waals surface area contributed by atoms with Crippen LogP contribution in [0.5, 0.6) is 0 Å². The quantitative estimate of drug-likeness (QED) is 0.471.